The number of benzene rings is 2. The normalized spacial score (nSPS) is 19.6. The van der Waals surface area contributed by atoms with Crippen LogP contribution < -0.4 is 5.32 Å². The molecule has 2 unspecified atom stereocenters. The van der Waals surface area contributed by atoms with Gasteiger partial charge in [0.15, 0.2) is 0 Å². The molecule has 0 saturated carbocycles. The van der Waals surface area contributed by atoms with Gasteiger partial charge >= 0.3 is 0 Å². The van der Waals surface area contributed by atoms with Crippen LogP contribution >= 0.6 is 0 Å². The van der Waals surface area contributed by atoms with E-state index in [2.05, 4.69) is 29.2 Å². The molecule has 0 spiro atoms. The molecule has 1 saturated heterocycles. The first-order chi connectivity index (χ1) is 15.3. The monoisotopic (exact) mass is 453 g/mol. The molecule has 1 aromatic heterocycles. The van der Waals surface area contributed by atoms with Crippen LogP contribution in [0.4, 0.5) is 0 Å². The van der Waals surface area contributed by atoms with E-state index in [9.17, 15) is 13.2 Å². The number of hydrogen-bond acceptors (Lipinski definition) is 5. The highest BCUT2D eigenvalue weighted by Gasteiger charge is 2.31. The number of rotatable bonds is 6. The maximum atomic E-state index is 13.1. The Hall–Kier alpha value is -3.04. The van der Waals surface area contributed by atoms with E-state index in [4.69, 9.17) is 0 Å². The van der Waals surface area contributed by atoms with Crippen molar-refractivity contribution in [3.8, 4) is 5.69 Å². The highest BCUT2D eigenvalue weighted by molar-refractivity contribution is 7.89. The van der Waals surface area contributed by atoms with Crippen molar-refractivity contribution in [1.29, 1.82) is 0 Å². The van der Waals surface area contributed by atoms with Gasteiger partial charge in [0, 0.05) is 25.2 Å². The lowest BCUT2D eigenvalue weighted by Gasteiger charge is -2.34. The fraction of sp³-hybridized carbons (Fsp3) is 0.348. The zero-order chi connectivity index (χ0) is 22.7. The van der Waals surface area contributed by atoms with Gasteiger partial charge in [0.25, 0.3) is 5.91 Å². The number of carbonyl (C=O) groups excluding carboxylic acids is 1. The topological polar surface area (TPSA) is 97.2 Å². The molecule has 0 aliphatic carbocycles. The summed E-state index contributed by atoms with van der Waals surface area (Å²) in [5.41, 5.74) is 2.11. The summed E-state index contributed by atoms with van der Waals surface area (Å²) in [5, 5.41) is 6.94. The number of nitrogens with one attached hydrogen (secondary N) is 1. The number of hydrogen-bond donors (Lipinski definition) is 1. The largest absolute Gasteiger partial charge is 0.348 e. The maximum absolute atomic E-state index is 13.1. The summed E-state index contributed by atoms with van der Waals surface area (Å²) >= 11 is 0. The third-order valence-corrected chi connectivity index (χ3v) is 7.47. The van der Waals surface area contributed by atoms with E-state index in [1.54, 1.807) is 33.5 Å². The minimum atomic E-state index is -3.64. The van der Waals surface area contributed by atoms with Gasteiger partial charge in [-0.3, -0.25) is 4.79 Å². The van der Waals surface area contributed by atoms with E-state index >= 15 is 0 Å². The number of amides is 1. The van der Waals surface area contributed by atoms with E-state index in [0.29, 0.717) is 37.0 Å². The summed E-state index contributed by atoms with van der Waals surface area (Å²) in [6.07, 6.45) is 4.10. The molecule has 4 rings (SSSR count). The third-order valence-electron chi connectivity index (χ3n) is 5.64. The molecule has 2 atom stereocenters. The summed E-state index contributed by atoms with van der Waals surface area (Å²) in [5.74, 6) is 0.315. The van der Waals surface area contributed by atoms with Gasteiger partial charge in [0.05, 0.1) is 10.6 Å². The smallest absolute Gasteiger partial charge is 0.251 e. The highest BCUT2D eigenvalue weighted by Crippen LogP contribution is 2.27. The Kier molecular flexibility index (Phi) is 6.38. The lowest BCUT2D eigenvalue weighted by atomic mass is 9.94. The Bertz CT molecular complexity index is 1170. The summed E-state index contributed by atoms with van der Waals surface area (Å²) in [6.45, 7) is 5.48. The second-order valence-corrected chi connectivity index (χ2v) is 10.4. The second-order valence-electron chi connectivity index (χ2n) is 8.49. The Labute approximate surface area is 188 Å². The Morgan fingerprint density at radius 3 is 2.47 bits per heavy atom. The van der Waals surface area contributed by atoms with Gasteiger partial charge < -0.3 is 5.32 Å². The number of nitrogens with zero attached hydrogens (tertiary/aromatic N) is 4. The van der Waals surface area contributed by atoms with Crippen LogP contribution in [0.2, 0.25) is 0 Å². The fourth-order valence-electron chi connectivity index (χ4n) is 4.14. The van der Waals surface area contributed by atoms with E-state index in [1.165, 1.54) is 12.4 Å². The summed E-state index contributed by atoms with van der Waals surface area (Å²) in [7, 11) is -3.64. The van der Waals surface area contributed by atoms with Crippen molar-refractivity contribution < 1.29 is 13.2 Å². The number of carbonyl (C=O) groups is 1. The lowest BCUT2D eigenvalue weighted by Crippen LogP contribution is -2.42. The van der Waals surface area contributed by atoms with Crippen LogP contribution in [0.3, 0.4) is 0 Å². The minimum absolute atomic E-state index is 0.156. The molecule has 9 heteroatoms. The summed E-state index contributed by atoms with van der Waals surface area (Å²) in [4.78, 5) is 16.8. The Morgan fingerprint density at radius 1 is 1.09 bits per heavy atom. The second kappa shape index (κ2) is 9.22. The van der Waals surface area contributed by atoms with Crippen molar-refractivity contribution in [3.05, 3.63) is 72.3 Å². The standard InChI is InChI=1S/C23H27N5O3S/c1-17-10-18(2)14-27(13-17)32(30,31)22-5-3-4-20(11-22)23(29)25-12-19-6-8-21(9-7-19)28-16-24-15-26-28/h3-9,11,15-18H,10,12-14H2,1-2H3,(H,25,29). The van der Waals surface area contributed by atoms with Crippen molar-refractivity contribution in [2.75, 3.05) is 13.1 Å². The van der Waals surface area contributed by atoms with Crippen molar-refractivity contribution in [3.63, 3.8) is 0 Å². The summed E-state index contributed by atoms with van der Waals surface area (Å²) < 4.78 is 29.5. The molecule has 2 aromatic carbocycles. The fourth-order valence-corrected chi connectivity index (χ4v) is 5.87. The SMILES string of the molecule is CC1CC(C)CN(S(=O)(=O)c2cccc(C(=O)NCc3ccc(-n4cncn4)cc3)c2)C1. The number of aromatic nitrogens is 3. The van der Waals surface area contributed by atoms with Crippen LogP contribution in [0.15, 0.2) is 66.1 Å². The Morgan fingerprint density at radius 2 is 1.81 bits per heavy atom. The number of piperidine rings is 1. The van der Waals surface area contributed by atoms with E-state index in [0.717, 1.165) is 17.7 Å². The highest BCUT2D eigenvalue weighted by atomic mass is 32.2. The quantitative estimate of drug-likeness (QED) is 0.619. The van der Waals surface area contributed by atoms with Crippen LogP contribution in [-0.4, -0.2) is 46.5 Å². The van der Waals surface area contributed by atoms with Crippen molar-refractivity contribution in [2.45, 2.75) is 31.7 Å². The molecule has 1 aliphatic heterocycles. The molecule has 1 aliphatic rings. The van der Waals surface area contributed by atoms with Crippen LogP contribution in [-0.2, 0) is 16.6 Å². The molecule has 0 radical (unpaired) electrons. The molecule has 1 amide bonds. The maximum Gasteiger partial charge on any atom is 0.251 e. The van der Waals surface area contributed by atoms with Crippen LogP contribution in [0.25, 0.3) is 5.69 Å². The first-order valence-electron chi connectivity index (χ1n) is 10.7. The average molecular weight is 454 g/mol. The van der Waals surface area contributed by atoms with Crippen LogP contribution in [0.5, 0.6) is 0 Å². The predicted molar refractivity (Wildman–Crippen MR) is 121 cm³/mol. The van der Waals surface area contributed by atoms with Gasteiger partial charge in [-0.05, 0) is 54.2 Å². The van der Waals surface area contributed by atoms with Crippen molar-refractivity contribution in [1.82, 2.24) is 24.4 Å². The van der Waals surface area contributed by atoms with E-state index in [1.807, 2.05) is 24.3 Å². The molecule has 1 fully saturated rings. The van der Waals surface area contributed by atoms with Gasteiger partial charge in [-0.1, -0.05) is 32.0 Å². The Balaban J connectivity index is 1.43. The molecule has 168 valence electrons. The lowest BCUT2D eigenvalue weighted by molar-refractivity contribution is 0.0950. The van der Waals surface area contributed by atoms with Crippen LogP contribution in [0, 0.1) is 11.8 Å². The summed E-state index contributed by atoms with van der Waals surface area (Å²) in [6, 6.07) is 13.8. The zero-order valence-corrected chi connectivity index (χ0v) is 19.0. The molecule has 2 heterocycles. The van der Waals surface area contributed by atoms with Crippen molar-refractivity contribution >= 4 is 15.9 Å². The van der Waals surface area contributed by atoms with Crippen LogP contribution in [0.1, 0.15) is 36.2 Å². The first-order valence-corrected chi connectivity index (χ1v) is 12.1. The van der Waals surface area contributed by atoms with Gasteiger partial charge in [-0.15, -0.1) is 0 Å². The van der Waals surface area contributed by atoms with E-state index in [-0.39, 0.29) is 10.8 Å². The molecular weight excluding hydrogens is 426 g/mol. The predicted octanol–water partition coefficient (Wildman–Crippen LogP) is 2.86. The molecule has 0 bridgehead atoms. The van der Waals surface area contributed by atoms with Gasteiger partial charge in [-0.25, -0.2) is 18.1 Å². The zero-order valence-electron chi connectivity index (χ0n) is 18.2. The van der Waals surface area contributed by atoms with Gasteiger partial charge in [0.2, 0.25) is 10.0 Å². The first kappa shape index (κ1) is 22.2. The number of sulfonamides is 1. The van der Waals surface area contributed by atoms with E-state index < -0.39 is 10.0 Å². The molecule has 8 nitrogen and oxygen atoms in total. The molecule has 32 heavy (non-hydrogen) atoms. The average Bonchev–Trinajstić information content (AvgIpc) is 3.32. The molecular formula is C23H27N5O3S. The van der Waals surface area contributed by atoms with Crippen molar-refractivity contribution in [2.24, 2.45) is 11.8 Å². The third kappa shape index (κ3) is 4.89. The molecule has 3 aromatic rings. The minimum Gasteiger partial charge on any atom is -0.348 e. The molecule has 1 N–H and O–H groups in total. The van der Waals surface area contributed by atoms with Gasteiger partial charge in [0.1, 0.15) is 12.7 Å². The van der Waals surface area contributed by atoms with Gasteiger partial charge in [-0.2, -0.15) is 9.40 Å².